The number of likely N-dealkylation sites (N-methyl/N-ethyl adjacent to an activating group) is 1. The fraction of sp³-hybridized carbons (Fsp3) is 0.333. The van der Waals surface area contributed by atoms with Crippen LogP contribution in [-0.2, 0) is 15.0 Å². The minimum Gasteiger partial charge on any atom is -0.481 e. The molecular formula is C24H24N4O4. The Morgan fingerprint density at radius 1 is 1.12 bits per heavy atom. The summed E-state index contributed by atoms with van der Waals surface area (Å²) in [4.78, 5) is 48.7. The number of fused-ring (bicyclic) bond motifs is 3. The number of aliphatic carboxylic acids is 1. The molecule has 1 aromatic heterocycles. The Kier molecular flexibility index (Phi) is 4.54. The number of hydrogen-bond donors (Lipinski definition) is 2. The topological polar surface area (TPSA) is 107 Å². The Morgan fingerprint density at radius 3 is 2.56 bits per heavy atom. The maximum Gasteiger partial charge on any atom is 0.310 e. The summed E-state index contributed by atoms with van der Waals surface area (Å²) in [6.45, 7) is 2.70. The predicted molar refractivity (Wildman–Crippen MR) is 121 cm³/mol. The standard InChI is InChI=1S/C24H24N4O4/c1-14(21(30)31)15-6-5-7-16-19(15)25-23(26-20(16)29)28-12-10-24(11-13-28)17-8-3-4-9-18(17)27(2)22(24)32/h3-9,14H,10-13H2,1-2H3,(H,30,31)(H,25,26,29). The number of aromatic amines is 1. The molecule has 164 valence electrons. The molecule has 3 aromatic rings. The summed E-state index contributed by atoms with van der Waals surface area (Å²) in [5, 5.41) is 9.84. The van der Waals surface area contributed by atoms with Gasteiger partial charge in [0.2, 0.25) is 11.9 Å². The van der Waals surface area contributed by atoms with Crippen LogP contribution in [0.25, 0.3) is 10.9 Å². The number of H-pyrrole nitrogens is 1. The zero-order valence-electron chi connectivity index (χ0n) is 18.0. The fourth-order valence-electron chi connectivity index (χ4n) is 5.10. The van der Waals surface area contributed by atoms with Crippen LogP contribution in [0.5, 0.6) is 0 Å². The van der Waals surface area contributed by atoms with Crippen molar-refractivity contribution in [2.45, 2.75) is 31.1 Å². The van der Waals surface area contributed by atoms with Crippen LogP contribution in [0, 0.1) is 0 Å². The van der Waals surface area contributed by atoms with Crippen molar-refractivity contribution in [1.82, 2.24) is 9.97 Å². The van der Waals surface area contributed by atoms with Crippen LogP contribution in [0.1, 0.15) is 36.8 Å². The Hall–Kier alpha value is -3.68. The summed E-state index contributed by atoms with van der Waals surface area (Å²) >= 11 is 0. The summed E-state index contributed by atoms with van der Waals surface area (Å²) in [6.07, 6.45) is 1.23. The summed E-state index contributed by atoms with van der Waals surface area (Å²) < 4.78 is 0. The van der Waals surface area contributed by atoms with Gasteiger partial charge in [0, 0.05) is 25.8 Å². The van der Waals surface area contributed by atoms with E-state index in [9.17, 15) is 19.5 Å². The van der Waals surface area contributed by atoms with Gasteiger partial charge >= 0.3 is 5.97 Å². The molecule has 2 aliphatic heterocycles. The third-order valence-corrected chi connectivity index (χ3v) is 7.00. The number of aromatic nitrogens is 2. The number of carbonyl (C=O) groups excluding carboxylic acids is 1. The Morgan fingerprint density at radius 2 is 1.84 bits per heavy atom. The van der Waals surface area contributed by atoms with E-state index < -0.39 is 17.3 Å². The average Bonchev–Trinajstić information content (AvgIpc) is 3.01. The van der Waals surface area contributed by atoms with Gasteiger partial charge in [-0.2, -0.15) is 0 Å². The SMILES string of the molecule is CC(C(=O)O)c1cccc2c(=O)[nH]c(N3CCC4(CC3)C(=O)N(C)c3ccccc34)nc12. The van der Waals surface area contributed by atoms with E-state index in [2.05, 4.69) is 9.97 Å². The van der Waals surface area contributed by atoms with Gasteiger partial charge < -0.3 is 14.9 Å². The first-order valence-electron chi connectivity index (χ1n) is 10.7. The van der Waals surface area contributed by atoms with Crippen LogP contribution < -0.4 is 15.4 Å². The largest absolute Gasteiger partial charge is 0.481 e. The van der Waals surface area contributed by atoms with Gasteiger partial charge in [0.05, 0.1) is 22.2 Å². The highest BCUT2D eigenvalue weighted by atomic mass is 16.4. The number of para-hydroxylation sites is 2. The average molecular weight is 432 g/mol. The van der Waals surface area contributed by atoms with E-state index in [1.807, 2.05) is 36.2 Å². The maximum atomic E-state index is 13.2. The van der Waals surface area contributed by atoms with Crippen LogP contribution in [-0.4, -0.2) is 47.1 Å². The number of nitrogens with one attached hydrogen (secondary N) is 1. The first-order valence-corrected chi connectivity index (χ1v) is 10.7. The van der Waals surface area contributed by atoms with Crippen molar-refractivity contribution in [1.29, 1.82) is 0 Å². The lowest BCUT2D eigenvalue weighted by molar-refractivity contribution is -0.138. The first-order chi connectivity index (χ1) is 15.3. The highest BCUT2D eigenvalue weighted by Gasteiger charge is 2.51. The Balaban J connectivity index is 1.50. The van der Waals surface area contributed by atoms with Crippen molar-refractivity contribution in [2.24, 2.45) is 0 Å². The summed E-state index contributed by atoms with van der Waals surface area (Å²) in [6, 6.07) is 12.9. The second-order valence-corrected chi connectivity index (χ2v) is 8.64. The van der Waals surface area contributed by atoms with E-state index >= 15 is 0 Å². The van der Waals surface area contributed by atoms with E-state index in [4.69, 9.17) is 0 Å². The van der Waals surface area contributed by atoms with Gasteiger partial charge in [0.15, 0.2) is 0 Å². The number of carboxylic acids is 1. The van der Waals surface area contributed by atoms with E-state index in [0.717, 1.165) is 11.3 Å². The molecule has 32 heavy (non-hydrogen) atoms. The number of rotatable bonds is 3. The third kappa shape index (κ3) is 2.82. The number of carbonyl (C=O) groups is 2. The first kappa shape index (κ1) is 20.2. The number of benzene rings is 2. The summed E-state index contributed by atoms with van der Waals surface area (Å²) in [7, 11) is 1.82. The van der Waals surface area contributed by atoms with E-state index in [0.29, 0.717) is 48.3 Å². The van der Waals surface area contributed by atoms with Crippen molar-refractivity contribution in [3.8, 4) is 0 Å². The summed E-state index contributed by atoms with van der Waals surface area (Å²) in [5.74, 6) is -1.23. The zero-order valence-corrected chi connectivity index (χ0v) is 18.0. The predicted octanol–water partition coefficient (Wildman–Crippen LogP) is 2.63. The Labute approximate surface area is 184 Å². The molecule has 2 N–H and O–H groups in total. The molecule has 1 spiro atoms. The third-order valence-electron chi connectivity index (χ3n) is 7.00. The van der Waals surface area contributed by atoms with Gasteiger partial charge in [-0.25, -0.2) is 4.98 Å². The number of nitrogens with zero attached hydrogens (tertiary/aromatic N) is 3. The van der Waals surface area contributed by atoms with Gasteiger partial charge in [-0.1, -0.05) is 30.3 Å². The lowest BCUT2D eigenvalue weighted by Gasteiger charge is -2.38. The van der Waals surface area contributed by atoms with Crippen molar-refractivity contribution in [3.63, 3.8) is 0 Å². The Bertz CT molecular complexity index is 1310. The number of anilines is 2. The van der Waals surface area contributed by atoms with Gasteiger partial charge in [0.25, 0.3) is 5.56 Å². The number of hydrogen-bond acceptors (Lipinski definition) is 5. The molecule has 8 heteroatoms. The lowest BCUT2D eigenvalue weighted by Crippen LogP contribution is -2.48. The van der Waals surface area contributed by atoms with E-state index in [-0.39, 0.29) is 11.5 Å². The minimum absolute atomic E-state index is 0.107. The molecule has 2 aliphatic rings. The molecule has 0 radical (unpaired) electrons. The van der Waals surface area contributed by atoms with Crippen LogP contribution in [0.4, 0.5) is 11.6 Å². The molecule has 0 bridgehead atoms. The molecule has 5 rings (SSSR count). The van der Waals surface area contributed by atoms with Crippen molar-refractivity contribution < 1.29 is 14.7 Å². The maximum absolute atomic E-state index is 13.2. The van der Waals surface area contributed by atoms with Crippen molar-refractivity contribution in [2.75, 3.05) is 29.9 Å². The van der Waals surface area contributed by atoms with Gasteiger partial charge in [-0.3, -0.25) is 19.4 Å². The summed E-state index contributed by atoms with van der Waals surface area (Å²) in [5.41, 5.74) is 2.08. The van der Waals surface area contributed by atoms with Crippen LogP contribution >= 0.6 is 0 Å². The van der Waals surface area contributed by atoms with Crippen LogP contribution in [0.3, 0.4) is 0 Å². The van der Waals surface area contributed by atoms with Crippen molar-refractivity contribution in [3.05, 3.63) is 63.9 Å². The molecule has 1 unspecified atom stereocenters. The highest BCUT2D eigenvalue weighted by molar-refractivity contribution is 6.08. The molecule has 0 saturated carbocycles. The van der Waals surface area contributed by atoms with E-state index in [1.54, 1.807) is 30.0 Å². The van der Waals surface area contributed by atoms with Gasteiger partial charge in [-0.05, 0) is 43.0 Å². The number of carboxylic acid groups (broad SMARTS) is 1. The van der Waals surface area contributed by atoms with E-state index in [1.165, 1.54) is 0 Å². The normalized spacial score (nSPS) is 18.2. The molecule has 2 aromatic carbocycles. The molecule has 1 saturated heterocycles. The molecule has 3 heterocycles. The minimum atomic E-state index is -0.969. The second kappa shape index (κ2) is 7.19. The fourth-order valence-corrected chi connectivity index (χ4v) is 5.10. The zero-order chi connectivity index (χ0) is 22.6. The lowest BCUT2D eigenvalue weighted by atomic mass is 9.73. The van der Waals surface area contributed by atoms with Gasteiger partial charge in [0.1, 0.15) is 0 Å². The van der Waals surface area contributed by atoms with Crippen LogP contribution in [0.2, 0.25) is 0 Å². The smallest absolute Gasteiger partial charge is 0.310 e. The molecule has 0 aliphatic carbocycles. The van der Waals surface area contributed by atoms with Crippen LogP contribution in [0.15, 0.2) is 47.3 Å². The molecule has 1 amide bonds. The number of piperidine rings is 1. The molecular weight excluding hydrogens is 408 g/mol. The molecule has 8 nitrogen and oxygen atoms in total. The number of amides is 1. The molecule has 1 fully saturated rings. The quantitative estimate of drug-likeness (QED) is 0.659. The van der Waals surface area contributed by atoms with Crippen molar-refractivity contribution >= 4 is 34.4 Å². The monoisotopic (exact) mass is 432 g/mol. The van der Waals surface area contributed by atoms with Gasteiger partial charge in [-0.15, -0.1) is 0 Å². The molecule has 1 atom stereocenters. The highest BCUT2D eigenvalue weighted by Crippen LogP contribution is 2.47. The second-order valence-electron chi connectivity index (χ2n) is 8.64.